The van der Waals surface area contributed by atoms with Gasteiger partial charge < -0.3 is 9.47 Å². The van der Waals surface area contributed by atoms with Crippen LogP contribution in [0.5, 0.6) is 11.5 Å². The number of benzene rings is 1. The number of fused-ring (bicyclic) bond motifs is 1. The van der Waals surface area contributed by atoms with Gasteiger partial charge in [-0.3, -0.25) is 4.90 Å². The van der Waals surface area contributed by atoms with Gasteiger partial charge in [-0.2, -0.15) is 0 Å². The Kier molecular flexibility index (Phi) is 4.59. The molecule has 2 aliphatic heterocycles. The maximum absolute atomic E-state index is 11.8. The van der Waals surface area contributed by atoms with E-state index in [1.54, 1.807) is 6.92 Å². The molecule has 1 saturated heterocycles. The van der Waals surface area contributed by atoms with E-state index in [4.69, 9.17) is 9.47 Å². The summed E-state index contributed by atoms with van der Waals surface area (Å²) in [5.74, 6) is 2.08. The van der Waals surface area contributed by atoms with Crippen LogP contribution >= 0.6 is 0 Å². The molecule has 2 aliphatic rings. The Morgan fingerprint density at radius 1 is 1.27 bits per heavy atom. The van der Waals surface area contributed by atoms with Crippen molar-refractivity contribution in [3.8, 4) is 11.5 Å². The van der Waals surface area contributed by atoms with Crippen molar-refractivity contribution < 1.29 is 17.9 Å². The molecule has 3 rings (SSSR count). The summed E-state index contributed by atoms with van der Waals surface area (Å²) in [6.07, 6.45) is 2.12. The molecule has 0 aromatic heterocycles. The predicted octanol–water partition coefficient (Wildman–Crippen LogP) is 2.03. The molecule has 0 spiro atoms. The number of sulfone groups is 1. The van der Waals surface area contributed by atoms with Crippen LogP contribution in [0.1, 0.15) is 31.4 Å². The standard InChI is InChI=1S/C16H23NO4S/c1-2-22(18,19)12-9-17-8-4-6-14(17)13-5-3-7-15-16(13)21-11-10-20-15/h3,5,7,14H,2,4,6,8-12H2,1H3. The molecule has 1 fully saturated rings. The fourth-order valence-corrected chi connectivity index (χ4v) is 4.01. The van der Waals surface area contributed by atoms with E-state index in [1.165, 1.54) is 0 Å². The third-order valence-corrected chi connectivity index (χ3v) is 6.13. The highest BCUT2D eigenvalue weighted by Gasteiger charge is 2.30. The molecule has 6 heteroatoms. The molecule has 5 nitrogen and oxygen atoms in total. The van der Waals surface area contributed by atoms with Gasteiger partial charge in [-0.1, -0.05) is 19.1 Å². The lowest BCUT2D eigenvalue weighted by Crippen LogP contribution is -2.30. The lowest BCUT2D eigenvalue weighted by molar-refractivity contribution is 0.165. The first-order valence-corrected chi connectivity index (χ1v) is 9.76. The monoisotopic (exact) mass is 325 g/mol. The number of hydrogen-bond donors (Lipinski definition) is 0. The van der Waals surface area contributed by atoms with E-state index >= 15 is 0 Å². The van der Waals surface area contributed by atoms with E-state index in [1.807, 2.05) is 12.1 Å². The lowest BCUT2D eigenvalue weighted by atomic mass is 10.0. The van der Waals surface area contributed by atoms with Crippen LogP contribution in [-0.2, 0) is 9.84 Å². The van der Waals surface area contributed by atoms with Crippen LogP contribution in [0.25, 0.3) is 0 Å². The maximum Gasteiger partial charge on any atom is 0.166 e. The molecule has 1 aromatic carbocycles. The predicted molar refractivity (Wildman–Crippen MR) is 85.3 cm³/mol. The van der Waals surface area contributed by atoms with Crippen LogP contribution in [-0.4, -0.2) is 51.1 Å². The highest BCUT2D eigenvalue weighted by molar-refractivity contribution is 7.91. The summed E-state index contributed by atoms with van der Waals surface area (Å²) in [7, 11) is -2.93. The van der Waals surface area contributed by atoms with Gasteiger partial charge in [0.25, 0.3) is 0 Å². The van der Waals surface area contributed by atoms with Crippen molar-refractivity contribution in [1.82, 2.24) is 4.90 Å². The fourth-order valence-electron chi connectivity index (χ4n) is 3.21. The number of hydrogen-bond acceptors (Lipinski definition) is 5. The van der Waals surface area contributed by atoms with Crippen LogP contribution in [0, 0.1) is 0 Å². The van der Waals surface area contributed by atoms with Gasteiger partial charge >= 0.3 is 0 Å². The maximum atomic E-state index is 11.8. The first kappa shape index (κ1) is 15.6. The first-order valence-electron chi connectivity index (χ1n) is 7.93. The molecule has 2 heterocycles. The van der Waals surface area contributed by atoms with Crippen molar-refractivity contribution in [3.63, 3.8) is 0 Å². The summed E-state index contributed by atoms with van der Waals surface area (Å²) < 4.78 is 35.0. The Balaban J connectivity index is 1.79. The van der Waals surface area contributed by atoms with Crippen molar-refractivity contribution in [2.45, 2.75) is 25.8 Å². The van der Waals surface area contributed by atoms with Crippen LogP contribution < -0.4 is 9.47 Å². The van der Waals surface area contributed by atoms with Crippen LogP contribution in [0.2, 0.25) is 0 Å². The normalized spacial score (nSPS) is 22.0. The van der Waals surface area contributed by atoms with Gasteiger partial charge in [0.2, 0.25) is 0 Å². The highest BCUT2D eigenvalue weighted by Crippen LogP contribution is 2.42. The SMILES string of the molecule is CCS(=O)(=O)CCN1CCCC1c1cccc2c1OCCO2. The third-order valence-electron chi connectivity index (χ3n) is 4.45. The number of likely N-dealkylation sites (tertiary alicyclic amines) is 1. The fraction of sp³-hybridized carbons (Fsp3) is 0.625. The van der Waals surface area contributed by atoms with Gasteiger partial charge in [0.1, 0.15) is 13.2 Å². The number of nitrogens with zero attached hydrogens (tertiary/aromatic N) is 1. The molecule has 1 unspecified atom stereocenters. The molecule has 22 heavy (non-hydrogen) atoms. The zero-order chi connectivity index (χ0) is 15.6. The average molecular weight is 325 g/mol. The molecule has 1 aromatic rings. The Morgan fingerprint density at radius 2 is 2.09 bits per heavy atom. The summed E-state index contributed by atoms with van der Waals surface area (Å²) in [5, 5.41) is 0. The topological polar surface area (TPSA) is 55.8 Å². The van der Waals surface area contributed by atoms with E-state index < -0.39 is 9.84 Å². The van der Waals surface area contributed by atoms with Gasteiger partial charge in [-0.05, 0) is 25.5 Å². The van der Waals surface area contributed by atoms with Crippen LogP contribution in [0.3, 0.4) is 0 Å². The lowest BCUT2D eigenvalue weighted by Gasteiger charge is -2.28. The summed E-state index contributed by atoms with van der Waals surface area (Å²) in [5.41, 5.74) is 1.13. The second-order valence-corrected chi connectivity index (χ2v) is 8.27. The summed E-state index contributed by atoms with van der Waals surface area (Å²) in [6, 6.07) is 6.22. The van der Waals surface area contributed by atoms with E-state index in [-0.39, 0.29) is 17.5 Å². The number of rotatable bonds is 5. The largest absolute Gasteiger partial charge is 0.486 e. The molecule has 0 amide bonds. The minimum atomic E-state index is -2.93. The molecule has 0 radical (unpaired) electrons. The minimum Gasteiger partial charge on any atom is -0.486 e. The van der Waals surface area contributed by atoms with E-state index in [9.17, 15) is 8.42 Å². The van der Waals surface area contributed by atoms with Crippen molar-refractivity contribution in [2.24, 2.45) is 0 Å². The highest BCUT2D eigenvalue weighted by atomic mass is 32.2. The van der Waals surface area contributed by atoms with E-state index in [0.717, 1.165) is 36.4 Å². The van der Waals surface area contributed by atoms with Crippen LogP contribution in [0.4, 0.5) is 0 Å². The summed E-state index contributed by atoms with van der Waals surface area (Å²) in [6.45, 7) is 4.38. The summed E-state index contributed by atoms with van der Waals surface area (Å²) >= 11 is 0. The Morgan fingerprint density at radius 3 is 2.91 bits per heavy atom. The zero-order valence-corrected chi connectivity index (χ0v) is 13.8. The van der Waals surface area contributed by atoms with Gasteiger partial charge in [-0.15, -0.1) is 0 Å². The molecule has 0 aliphatic carbocycles. The van der Waals surface area contributed by atoms with Gasteiger partial charge in [0.05, 0.1) is 5.75 Å². The zero-order valence-electron chi connectivity index (χ0n) is 13.0. The smallest absolute Gasteiger partial charge is 0.166 e. The average Bonchev–Trinajstić information content (AvgIpc) is 3.01. The van der Waals surface area contributed by atoms with Crippen molar-refractivity contribution in [2.75, 3.05) is 37.8 Å². The Hall–Kier alpha value is -1.27. The third kappa shape index (κ3) is 3.22. The van der Waals surface area contributed by atoms with Crippen LogP contribution in [0.15, 0.2) is 18.2 Å². The van der Waals surface area contributed by atoms with Crippen molar-refractivity contribution in [3.05, 3.63) is 23.8 Å². The molecule has 1 atom stereocenters. The van der Waals surface area contributed by atoms with Crippen molar-refractivity contribution in [1.29, 1.82) is 0 Å². The molecule has 0 bridgehead atoms. The summed E-state index contributed by atoms with van der Waals surface area (Å²) in [4.78, 5) is 2.26. The second-order valence-electron chi connectivity index (χ2n) is 5.80. The second kappa shape index (κ2) is 6.46. The molecular formula is C16H23NO4S. The molecular weight excluding hydrogens is 302 g/mol. The van der Waals surface area contributed by atoms with Crippen molar-refractivity contribution >= 4 is 9.84 Å². The number of ether oxygens (including phenoxy) is 2. The Labute approximate surface area is 132 Å². The van der Waals surface area contributed by atoms with Gasteiger partial charge in [-0.25, -0.2) is 8.42 Å². The minimum absolute atomic E-state index is 0.212. The van der Waals surface area contributed by atoms with Gasteiger partial charge in [0.15, 0.2) is 21.3 Å². The van der Waals surface area contributed by atoms with Gasteiger partial charge in [0, 0.05) is 23.9 Å². The Bertz CT molecular complexity index is 629. The first-order chi connectivity index (χ1) is 10.6. The molecule has 0 N–H and O–H groups in total. The molecule has 0 saturated carbocycles. The number of para-hydroxylation sites is 1. The quantitative estimate of drug-likeness (QED) is 0.829. The van der Waals surface area contributed by atoms with E-state index in [0.29, 0.717) is 19.8 Å². The van der Waals surface area contributed by atoms with E-state index in [2.05, 4.69) is 11.0 Å². The molecule has 122 valence electrons.